The van der Waals surface area contributed by atoms with Gasteiger partial charge in [0.05, 0.1) is 24.2 Å². The number of fused-ring (bicyclic) bond motifs is 2. The molecule has 8 rings (SSSR count). The lowest BCUT2D eigenvalue weighted by Gasteiger charge is -2.32. The van der Waals surface area contributed by atoms with Gasteiger partial charge >= 0.3 is 0 Å². The summed E-state index contributed by atoms with van der Waals surface area (Å²) in [6.07, 6.45) is 9.45. The fraction of sp³-hybridized carbons (Fsp3) is 0.464. The van der Waals surface area contributed by atoms with Crippen molar-refractivity contribution in [2.24, 2.45) is 0 Å². The standard InChI is InChI=1S/C56H70N8O6/c1-35(57-3)51(65)61-49(55(69)63-33-11-21-47(63)53(67)59-45-19-9-15-39-13-5-7-17-43(39)45)41-29-25-37(26-30-41)23-24-38-27-31-42(32-28-38)50(62-52(66)36(2)58-4)56(70)64-34-12-22-48(64)54(68)60-46-20-10-16-40-14-6-8-18-44(40)46/h5-8,13-14,17-18,25-32,35-36,45-50,57-58H,9-12,15-16,19-24,33-34H2,1-4H3,(H,59,67)(H,60,68)(H,61,65)(H,62,66)/t35-,36-,45?,46?,47-,48-,49?,50?/m0/s1. The summed E-state index contributed by atoms with van der Waals surface area (Å²) in [5.41, 5.74) is 8.08. The number of nitrogens with zero attached hydrogens (tertiary/aromatic N) is 2. The zero-order valence-electron chi connectivity index (χ0n) is 41.1. The molecule has 8 atom stereocenters. The molecular formula is C56H70N8O6. The monoisotopic (exact) mass is 951 g/mol. The van der Waals surface area contributed by atoms with E-state index in [0.29, 0.717) is 62.7 Å². The number of carbonyl (C=O) groups excluding carboxylic acids is 6. The third-order valence-corrected chi connectivity index (χ3v) is 15.1. The molecule has 370 valence electrons. The number of rotatable bonds is 17. The zero-order valence-corrected chi connectivity index (χ0v) is 41.1. The van der Waals surface area contributed by atoms with Crippen LogP contribution in [0, 0.1) is 0 Å². The minimum atomic E-state index is -0.986. The lowest BCUT2D eigenvalue weighted by molar-refractivity contribution is -0.142. The first-order valence-corrected chi connectivity index (χ1v) is 25.4. The maximum atomic E-state index is 14.5. The van der Waals surface area contributed by atoms with Crippen LogP contribution in [-0.4, -0.2) is 96.6 Å². The van der Waals surface area contributed by atoms with Gasteiger partial charge in [-0.2, -0.15) is 0 Å². The predicted octanol–water partition coefficient (Wildman–Crippen LogP) is 5.37. The number of nitrogens with one attached hydrogen (secondary N) is 6. The van der Waals surface area contributed by atoms with Gasteiger partial charge in [0.2, 0.25) is 35.4 Å². The Morgan fingerprint density at radius 3 is 1.29 bits per heavy atom. The quantitative estimate of drug-likeness (QED) is 0.0818. The van der Waals surface area contributed by atoms with Crippen LogP contribution in [0.3, 0.4) is 0 Å². The number of carbonyl (C=O) groups is 6. The van der Waals surface area contributed by atoms with Crippen molar-refractivity contribution in [3.8, 4) is 0 Å². The Hall–Kier alpha value is -6.38. The van der Waals surface area contributed by atoms with Gasteiger partial charge in [-0.15, -0.1) is 0 Å². The summed E-state index contributed by atoms with van der Waals surface area (Å²) in [5, 5.41) is 18.4. The minimum Gasteiger partial charge on any atom is -0.347 e. The molecule has 4 aromatic carbocycles. The number of hydrogen-bond donors (Lipinski definition) is 6. The van der Waals surface area contributed by atoms with Crippen LogP contribution in [0.25, 0.3) is 0 Å². The third kappa shape index (κ3) is 11.5. The largest absolute Gasteiger partial charge is 0.347 e. The highest BCUT2D eigenvalue weighted by atomic mass is 16.2. The molecule has 2 aliphatic carbocycles. The maximum Gasteiger partial charge on any atom is 0.250 e. The maximum absolute atomic E-state index is 14.5. The Labute approximate surface area is 412 Å². The highest BCUT2D eigenvalue weighted by molar-refractivity contribution is 5.95. The van der Waals surface area contributed by atoms with Crippen molar-refractivity contribution in [3.05, 3.63) is 142 Å². The van der Waals surface area contributed by atoms with Gasteiger partial charge in [-0.25, -0.2) is 0 Å². The van der Waals surface area contributed by atoms with Crippen molar-refractivity contribution in [2.75, 3.05) is 27.2 Å². The van der Waals surface area contributed by atoms with Gasteiger partial charge in [-0.1, -0.05) is 97.1 Å². The van der Waals surface area contributed by atoms with E-state index in [1.165, 1.54) is 11.1 Å². The number of benzene rings is 4. The van der Waals surface area contributed by atoms with Crippen LogP contribution in [0.5, 0.6) is 0 Å². The first-order chi connectivity index (χ1) is 33.9. The van der Waals surface area contributed by atoms with Crippen molar-refractivity contribution in [3.63, 3.8) is 0 Å². The Bertz CT molecular complexity index is 2340. The molecular weight excluding hydrogens is 881 g/mol. The van der Waals surface area contributed by atoms with Gasteiger partial charge in [0.15, 0.2) is 0 Å². The molecule has 0 radical (unpaired) electrons. The Kier molecular flexibility index (Phi) is 16.5. The highest BCUT2D eigenvalue weighted by Gasteiger charge is 2.41. The van der Waals surface area contributed by atoms with Crippen molar-refractivity contribution in [1.29, 1.82) is 0 Å². The minimum absolute atomic E-state index is 0.104. The Balaban J connectivity index is 0.929. The molecule has 2 saturated heterocycles. The fourth-order valence-corrected chi connectivity index (χ4v) is 10.7. The SMILES string of the molecule is CN[C@@H](C)C(=O)NC(C(=O)N1CCC[C@H]1C(=O)NC1CCCc2ccccc21)c1ccc(CCc2ccc(C(NC(=O)[C@H](C)NC)C(=O)N3CCC[C@H]3C(=O)NC3CCCc4ccccc43)cc2)cc1. The van der Waals surface area contributed by atoms with E-state index in [4.69, 9.17) is 0 Å². The molecule has 70 heavy (non-hydrogen) atoms. The van der Waals surface area contributed by atoms with Crippen LogP contribution in [0.2, 0.25) is 0 Å². The molecule has 14 nitrogen and oxygen atoms in total. The number of hydrogen-bond acceptors (Lipinski definition) is 8. The van der Waals surface area contributed by atoms with E-state index in [1.807, 2.05) is 72.8 Å². The number of likely N-dealkylation sites (tertiary alicyclic amines) is 2. The van der Waals surface area contributed by atoms with Crippen LogP contribution in [0.1, 0.15) is 134 Å². The first-order valence-electron chi connectivity index (χ1n) is 25.4. The molecule has 4 aliphatic rings. The molecule has 4 unspecified atom stereocenters. The topological polar surface area (TPSA) is 181 Å². The first kappa shape index (κ1) is 50.0. The summed E-state index contributed by atoms with van der Waals surface area (Å²) in [4.78, 5) is 86.7. The number of aryl methyl sites for hydroxylation is 4. The molecule has 0 spiro atoms. The summed E-state index contributed by atoms with van der Waals surface area (Å²) in [5.74, 6) is -1.59. The molecule has 2 aliphatic heterocycles. The normalized spacial score (nSPS) is 21.3. The lowest BCUT2D eigenvalue weighted by atomic mass is 9.87. The van der Waals surface area contributed by atoms with E-state index < -0.39 is 36.3 Å². The van der Waals surface area contributed by atoms with Gasteiger partial charge in [-0.3, -0.25) is 28.8 Å². The second-order valence-electron chi connectivity index (χ2n) is 19.6. The summed E-state index contributed by atoms with van der Waals surface area (Å²) in [6, 6.07) is 27.3. The van der Waals surface area contributed by atoms with E-state index in [0.717, 1.165) is 60.8 Å². The number of likely N-dealkylation sites (N-methyl/N-ethyl adjacent to an activating group) is 2. The number of amides is 6. The molecule has 2 heterocycles. The summed E-state index contributed by atoms with van der Waals surface area (Å²) in [6.45, 7) is 4.32. The van der Waals surface area contributed by atoms with Gasteiger partial charge in [-0.05, 0) is 150 Å². The fourth-order valence-electron chi connectivity index (χ4n) is 10.7. The average molecular weight is 951 g/mol. The molecule has 0 aromatic heterocycles. The van der Waals surface area contributed by atoms with Gasteiger partial charge < -0.3 is 41.7 Å². The zero-order chi connectivity index (χ0) is 49.3. The Morgan fingerprint density at radius 2 is 0.900 bits per heavy atom. The highest BCUT2D eigenvalue weighted by Crippen LogP contribution is 2.33. The van der Waals surface area contributed by atoms with Crippen molar-refractivity contribution in [1.82, 2.24) is 41.7 Å². The molecule has 0 bridgehead atoms. The van der Waals surface area contributed by atoms with Crippen LogP contribution >= 0.6 is 0 Å². The predicted molar refractivity (Wildman–Crippen MR) is 269 cm³/mol. The summed E-state index contributed by atoms with van der Waals surface area (Å²) in [7, 11) is 3.39. The van der Waals surface area contributed by atoms with Gasteiger partial charge in [0.1, 0.15) is 24.2 Å². The van der Waals surface area contributed by atoms with Crippen molar-refractivity contribution in [2.45, 2.75) is 139 Å². The van der Waals surface area contributed by atoms with Gasteiger partial charge in [0, 0.05) is 13.1 Å². The summed E-state index contributed by atoms with van der Waals surface area (Å²) >= 11 is 0. The second-order valence-corrected chi connectivity index (χ2v) is 19.6. The lowest BCUT2D eigenvalue weighted by Crippen LogP contribution is -2.52. The van der Waals surface area contributed by atoms with E-state index in [9.17, 15) is 28.8 Å². The van der Waals surface area contributed by atoms with E-state index >= 15 is 0 Å². The molecule has 4 aromatic rings. The van der Waals surface area contributed by atoms with E-state index in [-0.39, 0.29) is 47.5 Å². The van der Waals surface area contributed by atoms with Crippen LogP contribution in [0.15, 0.2) is 97.1 Å². The van der Waals surface area contributed by atoms with Crippen molar-refractivity contribution >= 4 is 35.4 Å². The Morgan fingerprint density at radius 1 is 0.514 bits per heavy atom. The second kappa shape index (κ2) is 23.0. The molecule has 6 N–H and O–H groups in total. The van der Waals surface area contributed by atoms with Crippen LogP contribution in [0.4, 0.5) is 0 Å². The van der Waals surface area contributed by atoms with E-state index in [1.54, 1.807) is 37.7 Å². The van der Waals surface area contributed by atoms with Crippen LogP contribution in [-0.2, 0) is 54.5 Å². The van der Waals surface area contributed by atoms with E-state index in [2.05, 4.69) is 56.2 Å². The molecule has 14 heteroatoms. The molecule has 0 saturated carbocycles. The van der Waals surface area contributed by atoms with Gasteiger partial charge in [0.25, 0.3) is 0 Å². The van der Waals surface area contributed by atoms with Crippen molar-refractivity contribution < 1.29 is 28.8 Å². The van der Waals surface area contributed by atoms with Crippen LogP contribution < -0.4 is 31.9 Å². The average Bonchev–Trinajstić information content (AvgIpc) is 4.10. The third-order valence-electron chi connectivity index (χ3n) is 15.1. The smallest absolute Gasteiger partial charge is 0.250 e. The summed E-state index contributed by atoms with van der Waals surface area (Å²) < 4.78 is 0. The molecule has 6 amide bonds. The molecule has 2 fully saturated rings.